The number of carboxylic acid groups (broad SMARTS) is 1. The molecule has 6 heteroatoms. The molecular weight excluding hydrogens is 270 g/mol. The Morgan fingerprint density at radius 3 is 2.43 bits per heavy atom. The van der Waals surface area contributed by atoms with Gasteiger partial charge in [0.05, 0.1) is 5.69 Å². The third-order valence-electron chi connectivity index (χ3n) is 3.18. The highest BCUT2D eigenvalue weighted by Crippen LogP contribution is 2.14. The molecule has 0 atom stereocenters. The standard InChI is InChI=1S/C15H23N3O3/c1-10(2)8-18(9-15(20)21)14(19)7-6-13-11(3)16-17(5)12(13)4/h6-7,10H,8-9H2,1-5H3,(H,20,21). The predicted octanol–water partition coefficient (Wildman–Crippen LogP) is 1.62. The minimum absolute atomic E-state index is 0.212. The molecule has 0 aliphatic heterocycles. The second kappa shape index (κ2) is 7.06. The fraction of sp³-hybridized carbons (Fsp3) is 0.533. The van der Waals surface area contributed by atoms with Gasteiger partial charge in [0.15, 0.2) is 0 Å². The van der Waals surface area contributed by atoms with Crippen LogP contribution in [-0.4, -0.2) is 44.8 Å². The molecule has 0 aliphatic carbocycles. The Bertz CT molecular complexity index is 559. The zero-order valence-electron chi connectivity index (χ0n) is 13.3. The Hall–Kier alpha value is -2.11. The predicted molar refractivity (Wildman–Crippen MR) is 80.8 cm³/mol. The molecule has 116 valence electrons. The third-order valence-corrected chi connectivity index (χ3v) is 3.18. The number of carboxylic acids is 1. The summed E-state index contributed by atoms with van der Waals surface area (Å²) in [6, 6.07) is 0. The van der Waals surface area contributed by atoms with Crippen LogP contribution in [-0.2, 0) is 16.6 Å². The van der Waals surface area contributed by atoms with E-state index in [0.717, 1.165) is 17.0 Å². The van der Waals surface area contributed by atoms with Crippen LogP contribution in [0.15, 0.2) is 6.08 Å². The van der Waals surface area contributed by atoms with Gasteiger partial charge in [-0.2, -0.15) is 5.10 Å². The normalized spacial score (nSPS) is 11.3. The summed E-state index contributed by atoms with van der Waals surface area (Å²) in [5.41, 5.74) is 2.70. The summed E-state index contributed by atoms with van der Waals surface area (Å²) in [4.78, 5) is 24.4. The lowest BCUT2D eigenvalue weighted by Crippen LogP contribution is -2.37. The molecule has 1 rings (SSSR count). The van der Waals surface area contributed by atoms with Crippen molar-refractivity contribution in [2.45, 2.75) is 27.7 Å². The van der Waals surface area contributed by atoms with Crippen molar-refractivity contribution in [1.82, 2.24) is 14.7 Å². The molecular formula is C15H23N3O3. The number of rotatable bonds is 6. The van der Waals surface area contributed by atoms with Gasteiger partial charge >= 0.3 is 5.97 Å². The van der Waals surface area contributed by atoms with E-state index < -0.39 is 5.97 Å². The van der Waals surface area contributed by atoms with E-state index in [1.54, 1.807) is 10.8 Å². The molecule has 0 bridgehead atoms. The minimum Gasteiger partial charge on any atom is -0.480 e. The van der Waals surface area contributed by atoms with Gasteiger partial charge < -0.3 is 10.0 Å². The van der Waals surface area contributed by atoms with E-state index in [1.807, 2.05) is 34.7 Å². The summed E-state index contributed by atoms with van der Waals surface area (Å²) < 4.78 is 1.75. The van der Waals surface area contributed by atoms with Crippen molar-refractivity contribution < 1.29 is 14.7 Å². The van der Waals surface area contributed by atoms with Crippen LogP contribution in [0.4, 0.5) is 0 Å². The second-order valence-corrected chi connectivity index (χ2v) is 5.55. The Balaban J connectivity index is 2.89. The Morgan fingerprint density at radius 2 is 2.00 bits per heavy atom. The van der Waals surface area contributed by atoms with Crippen LogP contribution in [0.3, 0.4) is 0 Å². The molecule has 0 spiro atoms. The van der Waals surface area contributed by atoms with Gasteiger partial charge in [-0.15, -0.1) is 0 Å². The topological polar surface area (TPSA) is 75.4 Å². The Morgan fingerprint density at radius 1 is 1.38 bits per heavy atom. The summed E-state index contributed by atoms with van der Waals surface area (Å²) in [6.45, 7) is 7.82. The molecule has 1 N–H and O–H groups in total. The SMILES string of the molecule is Cc1nn(C)c(C)c1C=CC(=O)N(CC(=O)O)CC(C)C. The van der Waals surface area contributed by atoms with E-state index >= 15 is 0 Å². The molecule has 1 amide bonds. The van der Waals surface area contributed by atoms with Crippen molar-refractivity contribution in [2.24, 2.45) is 13.0 Å². The van der Waals surface area contributed by atoms with Crippen LogP contribution >= 0.6 is 0 Å². The molecule has 1 heterocycles. The van der Waals surface area contributed by atoms with Gasteiger partial charge in [-0.25, -0.2) is 0 Å². The van der Waals surface area contributed by atoms with Crippen molar-refractivity contribution in [3.05, 3.63) is 23.0 Å². The second-order valence-electron chi connectivity index (χ2n) is 5.55. The molecule has 0 saturated carbocycles. The molecule has 0 saturated heterocycles. The maximum absolute atomic E-state index is 12.2. The quantitative estimate of drug-likeness (QED) is 0.809. The van der Waals surface area contributed by atoms with Gasteiger partial charge in [-0.3, -0.25) is 14.3 Å². The van der Waals surface area contributed by atoms with Crippen molar-refractivity contribution in [1.29, 1.82) is 0 Å². The highest BCUT2D eigenvalue weighted by atomic mass is 16.4. The van der Waals surface area contributed by atoms with Gasteiger partial charge in [0.2, 0.25) is 5.91 Å². The van der Waals surface area contributed by atoms with Crippen LogP contribution in [0.1, 0.15) is 30.8 Å². The average Bonchev–Trinajstić information content (AvgIpc) is 2.59. The maximum atomic E-state index is 12.2. The molecule has 0 aromatic carbocycles. The number of hydrogen-bond acceptors (Lipinski definition) is 3. The lowest BCUT2D eigenvalue weighted by Gasteiger charge is -2.21. The lowest BCUT2D eigenvalue weighted by atomic mass is 10.1. The highest BCUT2D eigenvalue weighted by Gasteiger charge is 2.16. The van der Waals surface area contributed by atoms with Gasteiger partial charge in [0.25, 0.3) is 0 Å². The van der Waals surface area contributed by atoms with Crippen molar-refractivity contribution >= 4 is 18.0 Å². The third kappa shape index (κ3) is 4.73. The summed E-state index contributed by atoms with van der Waals surface area (Å²) in [5.74, 6) is -1.09. The Kier molecular flexibility index (Phi) is 5.69. The Labute approximate surface area is 125 Å². The van der Waals surface area contributed by atoms with Crippen LogP contribution in [0.25, 0.3) is 6.08 Å². The number of amides is 1. The van der Waals surface area contributed by atoms with Gasteiger partial charge in [-0.05, 0) is 25.8 Å². The summed E-state index contributed by atoms with van der Waals surface area (Å²) in [6.07, 6.45) is 3.12. The first-order valence-electron chi connectivity index (χ1n) is 6.91. The van der Waals surface area contributed by atoms with E-state index in [4.69, 9.17) is 5.11 Å². The zero-order valence-corrected chi connectivity index (χ0v) is 13.3. The van der Waals surface area contributed by atoms with Crippen LogP contribution in [0.5, 0.6) is 0 Å². The smallest absolute Gasteiger partial charge is 0.323 e. The largest absolute Gasteiger partial charge is 0.480 e. The average molecular weight is 293 g/mol. The number of carbonyl (C=O) groups is 2. The highest BCUT2D eigenvalue weighted by molar-refractivity contribution is 5.93. The van der Waals surface area contributed by atoms with E-state index in [1.165, 1.54) is 11.0 Å². The number of nitrogens with zero attached hydrogens (tertiary/aromatic N) is 3. The van der Waals surface area contributed by atoms with Gasteiger partial charge in [0, 0.05) is 30.9 Å². The van der Waals surface area contributed by atoms with Crippen molar-refractivity contribution in [3.63, 3.8) is 0 Å². The van der Waals surface area contributed by atoms with Crippen molar-refractivity contribution in [3.8, 4) is 0 Å². The first-order valence-corrected chi connectivity index (χ1v) is 6.91. The minimum atomic E-state index is -1.01. The monoisotopic (exact) mass is 293 g/mol. The number of aromatic nitrogens is 2. The van der Waals surface area contributed by atoms with Crippen LogP contribution in [0, 0.1) is 19.8 Å². The first kappa shape index (κ1) is 16.9. The van der Waals surface area contributed by atoms with E-state index in [2.05, 4.69) is 5.10 Å². The molecule has 6 nitrogen and oxygen atoms in total. The summed E-state index contributed by atoms with van der Waals surface area (Å²) in [5, 5.41) is 13.2. The number of carbonyl (C=O) groups excluding carboxylic acids is 1. The summed E-state index contributed by atoms with van der Waals surface area (Å²) >= 11 is 0. The zero-order chi connectivity index (χ0) is 16.2. The maximum Gasteiger partial charge on any atom is 0.323 e. The molecule has 21 heavy (non-hydrogen) atoms. The van der Waals surface area contributed by atoms with Gasteiger partial charge in [0.1, 0.15) is 6.54 Å². The number of aliphatic carboxylic acids is 1. The molecule has 0 fully saturated rings. The van der Waals surface area contributed by atoms with Gasteiger partial charge in [-0.1, -0.05) is 13.8 Å². The molecule has 0 radical (unpaired) electrons. The van der Waals surface area contributed by atoms with E-state index in [-0.39, 0.29) is 18.4 Å². The van der Waals surface area contributed by atoms with Crippen LogP contribution < -0.4 is 0 Å². The molecule has 1 aromatic heterocycles. The van der Waals surface area contributed by atoms with E-state index in [0.29, 0.717) is 6.54 Å². The first-order chi connectivity index (χ1) is 9.72. The van der Waals surface area contributed by atoms with Crippen molar-refractivity contribution in [2.75, 3.05) is 13.1 Å². The number of aryl methyl sites for hydroxylation is 2. The summed E-state index contributed by atoms with van der Waals surface area (Å²) in [7, 11) is 1.84. The lowest BCUT2D eigenvalue weighted by molar-refractivity contribution is -0.143. The van der Waals surface area contributed by atoms with Crippen LogP contribution in [0.2, 0.25) is 0 Å². The molecule has 0 aliphatic rings. The fourth-order valence-corrected chi connectivity index (χ4v) is 2.13. The molecule has 0 unspecified atom stereocenters. The fourth-order valence-electron chi connectivity index (χ4n) is 2.13. The molecule has 1 aromatic rings. The van der Waals surface area contributed by atoms with E-state index in [9.17, 15) is 9.59 Å². The number of hydrogen-bond donors (Lipinski definition) is 1.